The number of nitro groups is 1. The number of fused-ring (bicyclic) bond motifs is 1. The molecule has 10 heteroatoms. The van der Waals surface area contributed by atoms with Crippen molar-refractivity contribution in [1.29, 1.82) is 0 Å². The van der Waals surface area contributed by atoms with Gasteiger partial charge in [0.05, 0.1) is 11.0 Å². The zero-order valence-corrected chi connectivity index (χ0v) is 13.3. The van der Waals surface area contributed by atoms with E-state index in [0.29, 0.717) is 29.6 Å². The van der Waals surface area contributed by atoms with Crippen LogP contribution in [0.4, 0.5) is 5.69 Å². The lowest BCUT2D eigenvalue weighted by molar-refractivity contribution is -0.385. The molecule has 3 N–H and O–H groups in total. The molecule has 1 aromatic rings. The standard InChI is InChI=1S/C13H16N2O4.C2H2O4/c16-15(17)11-6-13-12(18-8-19-13)5-9(11)7-14-10-3-1-2-4-10;3-1(4)2(5)6/h5-6,10,14H,1-4,7-8H2;(H,3,4)(H,5,6). The summed E-state index contributed by atoms with van der Waals surface area (Å²) in [4.78, 5) is 28.9. The molecule has 136 valence electrons. The molecule has 25 heavy (non-hydrogen) atoms. The van der Waals surface area contributed by atoms with Crippen molar-refractivity contribution in [2.45, 2.75) is 38.3 Å². The van der Waals surface area contributed by atoms with Gasteiger partial charge in [0.1, 0.15) is 0 Å². The zero-order chi connectivity index (χ0) is 18.4. The predicted octanol–water partition coefficient (Wildman–Crippen LogP) is 1.51. The molecule has 0 spiro atoms. The summed E-state index contributed by atoms with van der Waals surface area (Å²) >= 11 is 0. The molecule has 3 rings (SSSR count). The van der Waals surface area contributed by atoms with Gasteiger partial charge in [0.15, 0.2) is 11.5 Å². The molecule has 1 heterocycles. The summed E-state index contributed by atoms with van der Waals surface area (Å²) in [6, 6.07) is 3.64. The van der Waals surface area contributed by atoms with Crippen LogP contribution in [0.3, 0.4) is 0 Å². The Labute approximate surface area is 142 Å². The summed E-state index contributed by atoms with van der Waals surface area (Å²) in [5.74, 6) is -2.60. The number of ether oxygens (including phenoxy) is 2. The van der Waals surface area contributed by atoms with E-state index in [2.05, 4.69) is 5.32 Å². The molecule has 0 saturated heterocycles. The minimum absolute atomic E-state index is 0.0924. The molecule has 0 bridgehead atoms. The van der Waals surface area contributed by atoms with Crippen molar-refractivity contribution in [1.82, 2.24) is 5.32 Å². The first-order valence-corrected chi connectivity index (χ1v) is 7.65. The quantitative estimate of drug-likeness (QED) is 0.415. The molecule has 0 aromatic heterocycles. The van der Waals surface area contributed by atoms with Crippen LogP contribution in [-0.4, -0.2) is 39.9 Å². The van der Waals surface area contributed by atoms with Crippen molar-refractivity contribution in [2.24, 2.45) is 0 Å². The molecule has 1 aromatic carbocycles. The maximum atomic E-state index is 11.1. The van der Waals surface area contributed by atoms with Crippen LogP contribution in [0.5, 0.6) is 11.5 Å². The van der Waals surface area contributed by atoms with Gasteiger partial charge in [0, 0.05) is 18.2 Å². The number of nitrogens with one attached hydrogen (secondary N) is 1. The normalized spacial score (nSPS) is 15.4. The molecule has 10 nitrogen and oxygen atoms in total. The van der Waals surface area contributed by atoms with E-state index < -0.39 is 11.9 Å². The monoisotopic (exact) mass is 354 g/mol. The maximum Gasteiger partial charge on any atom is 0.414 e. The Balaban J connectivity index is 0.000000326. The van der Waals surface area contributed by atoms with Crippen molar-refractivity contribution in [2.75, 3.05) is 6.79 Å². The highest BCUT2D eigenvalue weighted by Gasteiger charge is 2.24. The second kappa shape index (κ2) is 8.29. The second-order valence-corrected chi connectivity index (χ2v) is 5.56. The number of hydrogen-bond acceptors (Lipinski definition) is 7. The van der Waals surface area contributed by atoms with E-state index in [9.17, 15) is 10.1 Å². The van der Waals surface area contributed by atoms with E-state index in [0.717, 1.165) is 12.8 Å². The van der Waals surface area contributed by atoms with Gasteiger partial charge in [-0.1, -0.05) is 12.8 Å². The molecule has 1 aliphatic carbocycles. The van der Waals surface area contributed by atoms with Crippen molar-refractivity contribution < 1.29 is 34.2 Å². The minimum atomic E-state index is -1.82. The topological polar surface area (TPSA) is 148 Å². The van der Waals surface area contributed by atoms with Crippen molar-refractivity contribution in [3.8, 4) is 11.5 Å². The van der Waals surface area contributed by atoms with Crippen molar-refractivity contribution in [3.05, 3.63) is 27.8 Å². The molecule has 0 unspecified atom stereocenters. The molecule has 0 radical (unpaired) electrons. The Kier molecular flexibility index (Phi) is 6.12. The van der Waals surface area contributed by atoms with Crippen LogP contribution in [0.1, 0.15) is 31.2 Å². The largest absolute Gasteiger partial charge is 0.473 e. The molecular formula is C15H18N2O8. The number of nitrogens with zero attached hydrogens (tertiary/aromatic N) is 1. The molecular weight excluding hydrogens is 336 g/mol. The fourth-order valence-corrected chi connectivity index (χ4v) is 2.67. The summed E-state index contributed by atoms with van der Waals surface area (Å²) in [5.41, 5.74) is 0.746. The number of carbonyl (C=O) groups is 2. The van der Waals surface area contributed by atoms with Crippen LogP contribution in [0, 0.1) is 10.1 Å². The van der Waals surface area contributed by atoms with E-state index in [4.69, 9.17) is 29.3 Å². The number of aliphatic carboxylic acids is 2. The van der Waals surface area contributed by atoms with Gasteiger partial charge >= 0.3 is 11.9 Å². The summed E-state index contributed by atoms with van der Waals surface area (Å²) < 4.78 is 10.4. The molecule has 0 atom stereocenters. The van der Waals surface area contributed by atoms with Crippen molar-refractivity contribution >= 4 is 17.6 Å². The lowest BCUT2D eigenvalue weighted by Gasteiger charge is -2.12. The minimum Gasteiger partial charge on any atom is -0.473 e. The van der Waals surface area contributed by atoms with Crippen LogP contribution >= 0.6 is 0 Å². The Morgan fingerprint density at radius 2 is 1.72 bits per heavy atom. The third-order valence-electron chi connectivity index (χ3n) is 3.89. The Morgan fingerprint density at radius 3 is 2.24 bits per heavy atom. The van der Waals surface area contributed by atoms with E-state index >= 15 is 0 Å². The number of carboxylic acids is 2. The first-order chi connectivity index (χ1) is 11.9. The van der Waals surface area contributed by atoms with Gasteiger partial charge in [-0.25, -0.2) is 9.59 Å². The SMILES string of the molecule is O=C(O)C(=O)O.O=[N+]([O-])c1cc2c(cc1CNC1CCCC1)OCO2. The molecule has 1 saturated carbocycles. The van der Waals surface area contributed by atoms with E-state index in [-0.39, 0.29) is 17.4 Å². The van der Waals surface area contributed by atoms with Gasteiger partial charge in [-0.2, -0.15) is 0 Å². The van der Waals surface area contributed by atoms with Gasteiger partial charge in [0.25, 0.3) is 5.69 Å². The molecule has 0 amide bonds. The number of benzene rings is 1. The average Bonchev–Trinajstić information content (AvgIpc) is 3.23. The summed E-state index contributed by atoms with van der Waals surface area (Å²) in [6.45, 7) is 0.629. The highest BCUT2D eigenvalue weighted by Crippen LogP contribution is 2.38. The van der Waals surface area contributed by atoms with Gasteiger partial charge < -0.3 is 25.0 Å². The Hall–Kier alpha value is -2.88. The Morgan fingerprint density at radius 1 is 1.16 bits per heavy atom. The lowest BCUT2D eigenvalue weighted by Crippen LogP contribution is -2.25. The van der Waals surface area contributed by atoms with Crippen LogP contribution < -0.4 is 14.8 Å². The summed E-state index contributed by atoms with van der Waals surface area (Å²) in [7, 11) is 0. The number of hydrogen-bond donors (Lipinski definition) is 3. The first-order valence-electron chi connectivity index (χ1n) is 7.65. The predicted molar refractivity (Wildman–Crippen MR) is 83.6 cm³/mol. The molecule has 1 aliphatic heterocycles. The third-order valence-corrected chi connectivity index (χ3v) is 3.89. The van der Waals surface area contributed by atoms with Crippen molar-refractivity contribution in [3.63, 3.8) is 0 Å². The fraction of sp³-hybridized carbons (Fsp3) is 0.467. The van der Waals surface area contributed by atoms with E-state index in [1.807, 2.05) is 0 Å². The van der Waals surface area contributed by atoms with Crippen LogP contribution in [0.2, 0.25) is 0 Å². The first kappa shape index (κ1) is 18.5. The number of nitro benzene ring substituents is 1. The van der Waals surface area contributed by atoms with Gasteiger partial charge in [0.2, 0.25) is 6.79 Å². The lowest BCUT2D eigenvalue weighted by atomic mass is 10.1. The number of rotatable bonds is 4. The molecule has 1 fully saturated rings. The molecule has 2 aliphatic rings. The van der Waals surface area contributed by atoms with Crippen LogP contribution in [-0.2, 0) is 16.1 Å². The van der Waals surface area contributed by atoms with Crippen LogP contribution in [0.15, 0.2) is 12.1 Å². The zero-order valence-electron chi connectivity index (χ0n) is 13.3. The highest BCUT2D eigenvalue weighted by molar-refractivity contribution is 6.27. The fourth-order valence-electron chi connectivity index (χ4n) is 2.67. The highest BCUT2D eigenvalue weighted by atomic mass is 16.7. The third kappa shape index (κ3) is 5.05. The second-order valence-electron chi connectivity index (χ2n) is 5.56. The summed E-state index contributed by atoms with van der Waals surface area (Å²) in [5, 5.41) is 29.3. The van der Waals surface area contributed by atoms with Crippen LogP contribution in [0.25, 0.3) is 0 Å². The van der Waals surface area contributed by atoms with E-state index in [1.54, 1.807) is 6.07 Å². The van der Waals surface area contributed by atoms with Gasteiger partial charge in [-0.05, 0) is 18.9 Å². The maximum absolute atomic E-state index is 11.1. The summed E-state index contributed by atoms with van der Waals surface area (Å²) in [6.07, 6.45) is 4.78. The van der Waals surface area contributed by atoms with Gasteiger partial charge in [-0.3, -0.25) is 10.1 Å². The smallest absolute Gasteiger partial charge is 0.414 e. The average molecular weight is 354 g/mol. The van der Waals surface area contributed by atoms with Gasteiger partial charge in [-0.15, -0.1) is 0 Å². The van der Waals surface area contributed by atoms with E-state index in [1.165, 1.54) is 18.9 Å². The Bertz CT molecular complexity index is 658. The number of carboxylic acid groups (broad SMARTS) is 2.